The lowest BCUT2D eigenvalue weighted by Crippen LogP contribution is -2.30. The van der Waals surface area contributed by atoms with Crippen molar-refractivity contribution in [3.63, 3.8) is 0 Å². The maximum Gasteiger partial charge on any atom is 0.329 e. The van der Waals surface area contributed by atoms with Crippen LogP contribution < -0.4 is 14.8 Å². The van der Waals surface area contributed by atoms with Crippen LogP contribution in [0.3, 0.4) is 0 Å². The Labute approximate surface area is 220 Å². The van der Waals surface area contributed by atoms with Gasteiger partial charge < -0.3 is 14.8 Å². The highest BCUT2D eigenvalue weighted by atomic mass is 35.5. The van der Waals surface area contributed by atoms with E-state index in [2.05, 4.69) is 11.9 Å². The molecule has 0 unspecified atom stereocenters. The Kier molecular flexibility index (Phi) is 8.25. The number of nitrogens with one attached hydrogen (secondary N) is 1. The number of nitrogens with zero attached hydrogens (tertiary/aromatic N) is 1. The summed E-state index contributed by atoms with van der Waals surface area (Å²) in [7, 11) is 0. The minimum Gasteiger partial charge on any atom is -0.490 e. The standard InChI is InChI=1S/C29H26ClFN2O4/c1-3-9-20-14-19(16-26(36-4-2)27(20)37-18-22-11-5-7-12-23(22)30)15-25-28(34)33(29(35)32-25)17-21-10-6-8-13-24(21)31/h3,5-8,10-16H,1,4,9,17-18H2,2H3,(H,32,35)/b25-15+. The Morgan fingerprint density at radius 3 is 2.46 bits per heavy atom. The Hall–Kier alpha value is -4.10. The molecule has 190 valence electrons. The van der Waals surface area contributed by atoms with Gasteiger partial charge in [0.1, 0.15) is 18.1 Å². The first kappa shape index (κ1) is 26.0. The number of amides is 3. The van der Waals surface area contributed by atoms with Gasteiger partial charge in [0.15, 0.2) is 11.5 Å². The summed E-state index contributed by atoms with van der Waals surface area (Å²) in [6, 6.07) is 16.4. The van der Waals surface area contributed by atoms with Gasteiger partial charge in [-0.05, 0) is 49.2 Å². The van der Waals surface area contributed by atoms with Crippen LogP contribution >= 0.6 is 11.6 Å². The third-order valence-corrected chi connectivity index (χ3v) is 6.08. The van der Waals surface area contributed by atoms with Crippen molar-refractivity contribution in [1.29, 1.82) is 0 Å². The molecule has 3 aromatic carbocycles. The predicted octanol–water partition coefficient (Wildman–Crippen LogP) is 6.28. The summed E-state index contributed by atoms with van der Waals surface area (Å²) in [4.78, 5) is 26.5. The average Bonchev–Trinajstić information content (AvgIpc) is 3.13. The van der Waals surface area contributed by atoms with Gasteiger partial charge in [0, 0.05) is 21.7 Å². The lowest BCUT2D eigenvalue weighted by Gasteiger charge is -2.17. The molecule has 0 aromatic heterocycles. The number of urea groups is 1. The van der Waals surface area contributed by atoms with E-state index in [1.165, 1.54) is 12.1 Å². The van der Waals surface area contributed by atoms with Crippen molar-refractivity contribution < 1.29 is 23.5 Å². The van der Waals surface area contributed by atoms with Gasteiger partial charge in [0.05, 0.1) is 13.2 Å². The lowest BCUT2D eigenvalue weighted by atomic mass is 10.0. The van der Waals surface area contributed by atoms with Gasteiger partial charge in [-0.3, -0.25) is 9.69 Å². The fourth-order valence-electron chi connectivity index (χ4n) is 3.94. The van der Waals surface area contributed by atoms with Crippen molar-refractivity contribution in [3.05, 3.63) is 112 Å². The third-order valence-electron chi connectivity index (χ3n) is 5.71. The van der Waals surface area contributed by atoms with Gasteiger partial charge in [-0.1, -0.05) is 54.1 Å². The molecule has 1 fully saturated rings. The summed E-state index contributed by atoms with van der Waals surface area (Å²) in [5, 5.41) is 3.18. The van der Waals surface area contributed by atoms with Crippen molar-refractivity contribution >= 4 is 29.6 Å². The highest BCUT2D eigenvalue weighted by Gasteiger charge is 2.34. The molecule has 1 heterocycles. The second-order valence-electron chi connectivity index (χ2n) is 8.28. The van der Waals surface area contributed by atoms with Crippen molar-refractivity contribution in [1.82, 2.24) is 10.2 Å². The molecule has 0 radical (unpaired) electrons. The molecule has 1 aliphatic heterocycles. The number of allylic oxidation sites excluding steroid dienone is 1. The molecule has 3 aromatic rings. The molecule has 0 atom stereocenters. The molecule has 1 N–H and O–H groups in total. The summed E-state index contributed by atoms with van der Waals surface area (Å²) in [6.45, 7) is 6.15. The van der Waals surface area contributed by atoms with E-state index in [1.54, 1.807) is 36.4 Å². The zero-order valence-electron chi connectivity index (χ0n) is 20.3. The number of carbonyl (C=O) groups excluding carboxylic acids is 2. The van der Waals surface area contributed by atoms with Crippen LogP contribution in [0.5, 0.6) is 11.5 Å². The van der Waals surface area contributed by atoms with E-state index in [0.717, 1.165) is 16.0 Å². The van der Waals surface area contributed by atoms with Crippen LogP contribution in [0.2, 0.25) is 5.02 Å². The van der Waals surface area contributed by atoms with E-state index < -0.39 is 17.8 Å². The smallest absolute Gasteiger partial charge is 0.329 e. The van der Waals surface area contributed by atoms with Gasteiger partial charge >= 0.3 is 6.03 Å². The molecular formula is C29H26ClFN2O4. The zero-order valence-corrected chi connectivity index (χ0v) is 21.1. The number of hydrogen-bond acceptors (Lipinski definition) is 4. The number of hydrogen-bond donors (Lipinski definition) is 1. The van der Waals surface area contributed by atoms with Crippen LogP contribution in [0.15, 0.2) is 79.0 Å². The summed E-state index contributed by atoms with van der Waals surface area (Å²) in [5.74, 6) is 0.00591. The van der Waals surface area contributed by atoms with Crippen LogP contribution in [0.4, 0.5) is 9.18 Å². The number of carbonyl (C=O) groups is 2. The molecule has 0 aliphatic carbocycles. The molecule has 1 aliphatic rings. The predicted molar refractivity (Wildman–Crippen MR) is 141 cm³/mol. The summed E-state index contributed by atoms with van der Waals surface area (Å²) >= 11 is 6.28. The van der Waals surface area contributed by atoms with Crippen LogP contribution in [0.25, 0.3) is 6.08 Å². The Bertz CT molecular complexity index is 1370. The first-order valence-electron chi connectivity index (χ1n) is 11.8. The quantitative estimate of drug-likeness (QED) is 0.194. The fourth-order valence-corrected chi connectivity index (χ4v) is 4.14. The number of ether oxygens (including phenoxy) is 2. The van der Waals surface area contributed by atoms with Gasteiger partial charge in [-0.15, -0.1) is 6.58 Å². The number of rotatable bonds is 10. The first-order valence-corrected chi connectivity index (χ1v) is 12.1. The van der Waals surface area contributed by atoms with Gasteiger partial charge in [-0.25, -0.2) is 9.18 Å². The fraction of sp³-hybridized carbons (Fsp3) is 0.172. The number of halogens is 2. The molecule has 6 nitrogen and oxygen atoms in total. The van der Waals surface area contributed by atoms with Crippen LogP contribution in [0.1, 0.15) is 29.2 Å². The monoisotopic (exact) mass is 520 g/mol. The average molecular weight is 521 g/mol. The molecule has 8 heteroatoms. The number of imide groups is 1. The summed E-state index contributed by atoms with van der Waals surface area (Å²) < 4.78 is 26.1. The SMILES string of the molecule is C=CCc1cc(/C=C2/NC(=O)N(Cc3ccccc3F)C2=O)cc(OCC)c1OCc1ccccc1Cl. The Morgan fingerprint density at radius 2 is 1.76 bits per heavy atom. The van der Waals surface area contributed by atoms with Crippen molar-refractivity contribution in [2.75, 3.05) is 6.61 Å². The van der Waals surface area contributed by atoms with Crippen LogP contribution in [-0.2, 0) is 24.4 Å². The van der Waals surface area contributed by atoms with Crippen molar-refractivity contribution in [2.45, 2.75) is 26.5 Å². The first-order chi connectivity index (χ1) is 17.9. The highest BCUT2D eigenvalue weighted by molar-refractivity contribution is 6.31. The Morgan fingerprint density at radius 1 is 1.03 bits per heavy atom. The molecule has 0 bridgehead atoms. The molecule has 37 heavy (non-hydrogen) atoms. The second-order valence-corrected chi connectivity index (χ2v) is 8.69. The van der Waals surface area contributed by atoms with Gasteiger partial charge in [-0.2, -0.15) is 0 Å². The third kappa shape index (κ3) is 6.01. The van der Waals surface area contributed by atoms with Crippen molar-refractivity contribution in [3.8, 4) is 11.5 Å². The topological polar surface area (TPSA) is 67.9 Å². The molecule has 0 saturated carbocycles. The van der Waals surface area contributed by atoms with Gasteiger partial charge in [0.25, 0.3) is 5.91 Å². The summed E-state index contributed by atoms with van der Waals surface area (Å²) in [6.07, 6.45) is 3.78. The molecular weight excluding hydrogens is 495 g/mol. The molecule has 4 rings (SSSR count). The normalized spacial score (nSPS) is 14.1. The zero-order chi connectivity index (χ0) is 26.4. The van der Waals surface area contributed by atoms with E-state index in [9.17, 15) is 14.0 Å². The van der Waals surface area contributed by atoms with E-state index >= 15 is 0 Å². The van der Waals surface area contributed by atoms with E-state index in [1.807, 2.05) is 31.2 Å². The second kappa shape index (κ2) is 11.8. The van der Waals surface area contributed by atoms with E-state index in [4.69, 9.17) is 21.1 Å². The van der Waals surface area contributed by atoms with Crippen LogP contribution in [-0.4, -0.2) is 23.4 Å². The number of benzene rings is 3. The lowest BCUT2D eigenvalue weighted by molar-refractivity contribution is -0.123. The summed E-state index contributed by atoms with van der Waals surface area (Å²) in [5.41, 5.74) is 2.58. The maximum absolute atomic E-state index is 14.1. The molecule has 0 spiro atoms. The maximum atomic E-state index is 14.1. The minimum absolute atomic E-state index is 0.0816. The minimum atomic E-state index is -0.615. The highest BCUT2D eigenvalue weighted by Crippen LogP contribution is 2.36. The largest absolute Gasteiger partial charge is 0.490 e. The van der Waals surface area contributed by atoms with E-state index in [0.29, 0.717) is 35.1 Å². The Balaban J connectivity index is 1.63. The molecule has 3 amide bonds. The van der Waals surface area contributed by atoms with Gasteiger partial charge in [0.2, 0.25) is 0 Å². The van der Waals surface area contributed by atoms with E-state index in [-0.39, 0.29) is 24.4 Å². The molecule has 1 saturated heterocycles. The van der Waals surface area contributed by atoms with Crippen LogP contribution in [0, 0.1) is 5.82 Å². The van der Waals surface area contributed by atoms with Crippen molar-refractivity contribution in [2.24, 2.45) is 0 Å².